The Balaban J connectivity index is 1.96. The Kier molecular flexibility index (Phi) is 4.51. The Labute approximate surface area is 137 Å². The number of aromatic hydroxyl groups is 1. The van der Waals surface area contributed by atoms with Crippen molar-refractivity contribution in [2.24, 2.45) is 0 Å². The summed E-state index contributed by atoms with van der Waals surface area (Å²) in [6.45, 7) is 3.10. The normalized spacial score (nSPS) is 20.2. The van der Waals surface area contributed by atoms with E-state index >= 15 is 0 Å². The third-order valence-corrected chi connectivity index (χ3v) is 3.85. The molecule has 0 spiro atoms. The highest BCUT2D eigenvalue weighted by Crippen LogP contribution is 2.24. The van der Waals surface area contributed by atoms with Gasteiger partial charge in [-0.15, -0.1) is 0 Å². The zero-order valence-corrected chi connectivity index (χ0v) is 13.0. The second-order valence-electron chi connectivity index (χ2n) is 5.39. The minimum atomic E-state index is -0.955. The molecule has 1 aromatic carbocycles. The summed E-state index contributed by atoms with van der Waals surface area (Å²) in [5.41, 5.74) is -0.121. The van der Waals surface area contributed by atoms with Crippen LogP contribution in [0.25, 0.3) is 11.0 Å². The van der Waals surface area contributed by atoms with E-state index in [1.165, 1.54) is 12.1 Å². The summed E-state index contributed by atoms with van der Waals surface area (Å²) >= 11 is 0. The van der Waals surface area contributed by atoms with Gasteiger partial charge in [0.25, 0.3) is 10.6 Å². The maximum atomic E-state index is 12.1. The molecule has 0 bridgehead atoms. The van der Waals surface area contributed by atoms with E-state index in [4.69, 9.17) is 9.47 Å². The summed E-state index contributed by atoms with van der Waals surface area (Å²) in [5, 5.41) is 46.2. The number of fused-ring (bicyclic) bond motifs is 1. The summed E-state index contributed by atoms with van der Waals surface area (Å²) in [6, 6.07) is 3.56. The first-order chi connectivity index (χ1) is 11.5. The van der Waals surface area contributed by atoms with E-state index in [9.17, 15) is 20.6 Å². The molecule has 2 N–H and O–H groups in total. The topological polar surface area (TPSA) is 129 Å². The molecule has 1 saturated heterocycles. The van der Waals surface area contributed by atoms with Crippen molar-refractivity contribution in [3.63, 3.8) is 0 Å². The van der Waals surface area contributed by atoms with Crippen LogP contribution >= 0.6 is 0 Å². The molecule has 1 fully saturated rings. The van der Waals surface area contributed by atoms with Crippen LogP contribution in [0.15, 0.2) is 18.2 Å². The number of hydrogen-bond acceptors (Lipinski definition) is 8. The number of aliphatic hydroxyl groups is 1. The monoisotopic (exact) mass is 338 g/mol. The third kappa shape index (κ3) is 2.98. The van der Waals surface area contributed by atoms with Crippen LogP contribution in [0.1, 0.15) is 13.3 Å². The first-order valence-electron chi connectivity index (χ1n) is 7.56. The molecule has 0 amide bonds. The molecule has 2 heterocycles. The van der Waals surface area contributed by atoms with Crippen LogP contribution in [0.2, 0.25) is 0 Å². The fourth-order valence-electron chi connectivity index (χ4n) is 2.71. The predicted molar refractivity (Wildman–Crippen MR) is 79.6 cm³/mol. The van der Waals surface area contributed by atoms with E-state index in [0.717, 1.165) is 0 Å². The van der Waals surface area contributed by atoms with Gasteiger partial charge in [0.2, 0.25) is 0 Å². The van der Waals surface area contributed by atoms with Crippen molar-refractivity contribution in [1.29, 1.82) is 0 Å². The number of aliphatic hydroxyl groups excluding tert-OH is 1. The van der Waals surface area contributed by atoms with Crippen molar-refractivity contribution in [2.75, 3.05) is 19.7 Å². The lowest BCUT2D eigenvalue weighted by molar-refractivity contribution is -0.684. The summed E-state index contributed by atoms with van der Waals surface area (Å²) in [6.07, 6.45) is -0.744. The minimum Gasteiger partial charge on any atom is -0.707 e. The molecule has 0 saturated carbocycles. The maximum Gasteiger partial charge on any atom is 0.569 e. The Bertz CT molecular complexity index is 743. The number of ether oxygens (including phenoxy) is 2. The SMILES string of the molecule is CCC(Oc1cccc2c1[n+]([O-])c(O)n[n+]2[O-])N1CCOC(O)C1. The molecule has 0 radical (unpaired) electrons. The molecule has 1 aliphatic rings. The largest absolute Gasteiger partial charge is 0.707 e. The second kappa shape index (κ2) is 6.59. The van der Waals surface area contributed by atoms with Crippen LogP contribution in [-0.4, -0.2) is 52.4 Å². The lowest BCUT2D eigenvalue weighted by Gasteiger charge is -2.35. The highest BCUT2D eigenvalue weighted by atomic mass is 16.6. The molecule has 2 unspecified atom stereocenters. The molecule has 10 heteroatoms. The number of para-hydroxylation sites is 1. The molecule has 2 atom stereocenters. The van der Waals surface area contributed by atoms with Crippen molar-refractivity contribution >= 4 is 11.0 Å². The van der Waals surface area contributed by atoms with Gasteiger partial charge in [-0.05, 0) is 12.5 Å². The van der Waals surface area contributed by atoms with Gasteiger partial charge in [-0.2, -0.15) is 4.73 Å². The lowest BCUT2D eigenvalue weighted by Crippen LogP contribution is -2.50. The molecule has 3 rings (SSSR count). The predicted octanol–water partition coefficient (Wildman–Crippen LogP) is -1.03. The zero-order chi connectivity index (χ0) is 17.3. The molecular weight excluding hydrogens is 320 g/mol. The van der Waals surface area contributed by atoms with E-state index in [0.29, 0.717) is 19.6 Å². The molecule has 10 nitrogen and oxygen atoms in total. The molecule has 1 aliphatic heterocycles. The first-order valence-corrected chi connectivity index (χ1v) is 7.56. The molecular formula is C14H18N4O6. The fraction of sp³-hybridized carbons (Fsp3) is 0.500. The van der Waals surface area contributed by atoms with E-state index < -0.39 is 18.5 Å². The van der Waals surface area contributed by atoms with Gasteiger partial charge in [0, 0.05) is 12.6 Å². The van der Waals surface area contributed by atoms with Crippen LogP contribution in [-0.2, 0) is 4.74 Å². The van der Waals surface area contributed by atoms with E-state index in [2.05, 4.69) is 5.10 Å². The van der Waals surface area contributed by atoms with Gasteiger partial charge in [0.1, 0.15) is 0 Å². The molecule has 1 aromatic heterocycles. The van der Waals surface area contributed by atoms with Crippen LogP contribution in [0.4, 0.5) is 0 Å². The quantitative estimate of drug-likeness (QED) is 0.535. The van der Waals surface area contributed by atoms with Gasteiger partial charge in [0.15, 0.2) is 18.3 Å². The smallest absolute Gasteiger partial charge is 0.569 e. The Morgan fingerprint density at radius 1 is 1.50 bits per heavy atom. The number of hydrogen-bond donors (Lipinski definition) is 2. The van der Waals surface area contributed by atoms with Crippen molar-refractivity contribution in [3.05, 3.63) is 28.6 Å². The van der Waals surface area contributed by atoms with Gasteiger partial charge in [-0.25, -0.2) is 0 Å². The van der Waals surface area contributed by atoms with Crippen molar-refractivity contribution in [2.45, 2.75) is 25.9 Å². The minimum absolute atomic E-state index is 0.0165. The van der Waals surface area contributed by atoms with Gasteiger partial charge in [-0.1, -0.05) is 13.0 Å². The Hall–Kier alpha value is -2.43. The standard InChI is InChI=1S/C14H18N4O6/c1-2-11(16-6-7-23-12(19)8-16)24-10-5-3-4-9-13(10)17(21)14(20)15-18(9)22/h3-5,11-12,19H,2,6-8H2,1H3,(H,15,20). The molecule has 130 valence electrons. The second-order valence-corrected chi connectivity index (χ2v) is 5.39. The maximum absolute atomic E-state index is 12.1. The third-order valence-electron chi connectivity index (χ3n) is 3.85. The fourth-order valence-corrected chi connectivity index (χ4v) is 2.71. The number of morpholine rings is 1. The number of aromatic nitrogens is 3. The number of benzene rings is 1. The Morgan fingerprint density at radius 3 is 3.00 bits per heavy atom. The Morgan fingerprint density at radius 2 is 2.29 bits per heavy atom. The molecule has 24 heavy (non-hydrogen) atoms. The van der Waals surface area contributed by atoms with Crippen molar-refractivity contribution in [3.8, 4) is 11.8 Å². The zero-order valence-electron chi connectivity index (χ0n) is 13.0. The highest BCUT2D eigenvalue weighted by Gasteiger charge is 2.29. The van der Waals surface area contributed by atoms with Crippen LogP contribution in [0, 0.1) is 10.4 Å². The van der Waals surface area contributed by atoms with Gasteiger partial charge in [-0.3, -0.25) is 4.90 Å². The highest BCUT2D eigenvalue weighted by molar-refractivity contribution is 5.75. The van der Waals surface area contributed by atoms with E-state index in [-0.39, 0.29) is 32.9 Å². The van der Waals surface area contributed by atoms with Gasteiger partial charge >= 0.3 is 11.5 Å². The average Bonchev–Trinajstić information content (AvgIpc) is 2.57. The summed E-state index contributed by atoms with van der Waals surface area (Å²) in [7, 11) is 0. The number of β-amino-alcohol motifs (C(OH)–C–C–N with tert-alkyl or cyclic N) is 1. The summed E-state index contributed by atoms with van der Waals surface area (Å²) in [5.74, 6) is 0.151. The van der Waals surface area contributed by atoms with Gasteiger partial charge < -0.3 is 30.1 Å². The molecule has 2 aromatic rings. The van der Waals surface area contributed by atoms with Crippen LogP contribution in [0.5, 0.6) is 11.8 Å². The van der Waals surface area contributed by atoms with Crippen LogP contribution in [0.3, 0.4) is 0 Å². The number of rotatable bonds is 4. The average molecular weight is 338 g/mol. The first kappa shape index (κ1) is 16.4. The van der Waals surface area contributed by atoms with Crippen molar-refractivity contribution in [1.82, 2.24) is 10.00 Å². The van der Waals surface area contributed by atoms with E-state index in [1.807, 2.05) is 11.8 Å². The lowest BCUT2D eigenvalue weighted by atomic mass is 10.2. The number of nitrogens with zero attached hydrogens (tertiary/aromatic N) is 4. The van der Waals surface area contributed by atoms with Crippen LogP contribution < -0.4 is 14.3 Å². The van der Waals surface area contributed by atoms with Gasteiger partial charge in [0.05, 0.1) is 18.0 Å². The van der Waals surface area contributed by atoms with Crippen molar-refractivity contribution < 1.29 is 29.3 Å². The summed E-state index contributed by atoms with van der Waals surface area (Å²) < 4.78 is 11.1. The molecule has 0 aliphatic carbocycles. The summed E-state index contributed by atoms with van der Waals surface area (Å²) in [4.78, 5) is 2.06. The van der Waals surface area contributed by atoms with E-state index in [1.54, 1.807) is 6.07 Å².